The fraction of sp³-hybridized carbons (Fsp3) is 0.714. The summed E-state index contributed by atoms with van der Waals surface area (Å²) in [7, 11) is 1.34. The second-order valence-corrected chi connectivity index (χ2v) is 8.20. The number of esters is 2. The van der Waals surface area contributed by atoms with E-state index >= 15 is 0 Å². The second-order valence-electron chi connectivity index (χ2n) is 8.20. The molecule has 172 valence electrons. The highest BCUT2D eigenvalue weighted by molar-refractivity contribution is 5.87. The molecule has 0 aromatic carbocycles. The van der Waals surface area contributed by atoms with E-state index in [9.17, 15) is 19.8 Å². The average Bonchev–Trinajstić information content (AvgIpc) is 3.26. The summed E-state index contributed by atoms with van der Waals surface area (Å²) >= 11 is 0. The molecule has 0 unspecified atom stereocenters. The van der Waals surface area contributed by atoms with Gasteiger partial charge in [-0.3, -0.25) is 4.90 Å². The van der Waals surface area contributed by atoms with Crippen molar-refractivity contribution in [3.63, 3.8) is 0 Å². The lowest BCUT2D eigenvalue weighted by molar-refractivity contribution is -0.216. The van der Waals surface area contributed by atoms with Crippen molar-refractivity contribution >= 4 is 24.3 Å². The number of methoxy groups -OCH3 is 1. The van der Waals surface area contributed by atoms with Crippen LogP contribution in [0.3, 0.4) is 0 Å². The molecule has 9 heteroatoms. The quantitative estimate of drug-likeness (QED) is 0.326. The molecule has 0 aromatic rings. The van der Waals surface area contributed by atoms with Gasteiger partial charge in [0, 0.05) is 25.8 Å². The van der Waals surface area contributed by atoms with Crippen LogP contribution in [0.15, 0.2) is 23.3 Å². The van der Waals surface area contributed by atoms with Crippen LogP contribution in [0, 0.1) is 0 Å². The first-order chi connectivity index (χ1) is 13.5. The number of allylic oxidation sites excluding steroid dienone is 1. The molecule has 30 heavy (non-hydrogen) atoms. The monoisotopic (exact) mass is 447 g/mol. The van der Waals surface area contributed by atoms with E-state index in [1.165, 1.54) is 27.9 Å². The highest BCUT2D eigenvalue weighted by Crippen LogP contribution is 2.33. The third-order valence-corrected chi connectivity index (χ3v) is 5.98. The van der Waals surface area contributed by atoms with Crippen LogP contribution >= 0.6 is 12.4 Å². The maximum atomic E-state index is 12.7. The molecule has 2 heterocycles. The Morgan fingerprint density at radius 2 is 2.00 bits per heavy atom. The van der Waals surface area contributed by atoms with E-state index in [-0.39, 0.29) is 37.1 Å². The number of carbonyl (C=O) groups is 2. The maximum absolute atomic E-state index is 12.7. The number of carbonyl (C=O) groups excluding carboxylic acids is 2. The number of hydrogen-bond acceptors (Lipinski definition) is 8. The molecule has 0 amide bonds. The number of fused-ring (bicyclic) bond motifs is 1. The van der Waals surface area contributed by atoms with Gasteiger partial charge in [0.15, 0.2) is 0 Å². The fourth-order valence-corrected chi connectivity index (χ4v) is 3.82. The predicted octanol–water partition coefficient (Wildman–Crippen LogP) is 1.38. The first-order valence-electron chi connectivity index (χ1n) is 9.89. The average molecular weight is 448 g/mol. The number of aliphatic hydroxyl groups is 2. The molecule has 0 bridgehead atoms. The van der Waals surface area contributed by atoms with E-state index in [4.69, 9.17) is 14.2 Å². The van der Waals surface area contributed by atoms with Gasteiger partial charge in [0.2, 0.25) is 5.60 Å². The largest absolute Gasteiger partial charge is 0.459 e. The van der Waals surface area contributed by atoms with E-state index in [2.05, 4.69) is 4.90 Å². The number of ether oxygens (including phenoxy) is 3. The minimum absolute atomic E-state index is 0. The zero-order chi connectivity index (χ0) is 22.0. The maximum Gasteiger partial charge on any atom is 0.344 e. The Bertz CT molecular complexity index is 700. The summed E-state index contributed by atoms with van der Waals surface area (Å²) in [6.45, 7) is 9.03. The summed E-state index contributed by atoms with van der Waals surface area (Å²) in [5.41, 5.74) is -2.65. The van der Waals surface area contributed by atoms with Crippen molar-refractivity contribution in [2.45, 2.75) is 70.5 Å². The third-order valence-electron chi connectivity index (χ3n) is 5.98. The number of hydrogen-bond donors (Lipinski definition) is 2. The van der Waals surface area contributed by atoms with Crippen LogP contribution in [0.5, 0.6) is 0 Å². The molecule has 2 rings (SSSR count). The molecule has 4 atom stereocenters. The Kier molecular flexibility index (Phi) is 9.07. The standard InChI is InChI=1S/C21H33NO7.ClH/c1-7-13(2)18(23)29-16-9-11-22-10-8-15(17(16)22)12-28-19(24)21(26,14(3)27-6)20(4,5)25;/h7-8,14,16-17,25-26H,9-12H2,1-6H3;1H/b13-7-;/t14-,16+,17-,21+;/m1./s1. The van der Waals surface area contributed by atoms with E-state index in [0.717, 1.165) is 12.1 Å². The van der Waals surface area contributed by atoms with Crippen LogP contribution in [0.1, 0.15) is 41.0 Å². The Labute approximate surface area is 184 Å². The second kappa shape index (κ2) is 10.2. The van der Waals surface area contributed by atoms with Crippen molar-refractivity contribution in [2.24, 2.45) is 0 Å². The third kappa shape index (κ3) is 5.06. The SMILES string of the molecule is C/C=C(/C)C(=O)O[C@H]1CCN2CC=C(COC(=O)[C@@](O)([C@@H](C)OC)C(C)(C)O)[C@H]12.Cl. The normalized spacial score (nSPS) is 24.9. The Morgan fingerprint density at radius 1 is 1.37 bits per heavy atom. The first-order valence-corrected chi connectivity index (χ1v) is 9.89. The molecule has 0 saturated carbocycles. The molecule has 0 aliphatic carbocycles. The van der Waals surface area contributed by atoms with Crippen molar-refractivity contribution in [1.29, 1.82) is 0 Å². The number of nitrogens with zero attached hydrogens (tertiary/aromatic N) is 1. The van der Waals surface area contributed by atoms with E-state index in [1.807, 2.05) is 6.08 Å². The van der Waals surface area contributed by atoms with Crippen molar-refractivity contribution in [3.8, 4) is 0 Å². The van der Waals surface area contributed by atoms with Gasteiger partial charge in [-0.25, -0.2) is 9.59 Å². The lowest BCUT2D eigenvalue weighted by Crippen LogP contribution is -2.63. The summed E-state index contributed by atoms with van der Waals surface area (Å²) in [6.07, 6.45) is 3.05. The van der Waals surface area contributed by atoms with Crippen LogP contribution in [0.2, 0.25) is 0 Å². The topological polar surface area (TPSA) is 106 Å². The highest BCUT2D eigenvalue weighted by atomic mass is 35.5. The molecular weight excluding hydrogens is 414 g/mol. The zero-order valence-electron chi connectivity index (χ0n) is 18.5. The Morgan fingerprint density at radius 3 is 2.53 bits per heavy atom. The van der Waals surface area contributed by atoms with E-state index in [0.29, 0.717) is 18.5 Å². The Balaban J connectivity index is 0.00000450. The number of rotatable bonds is 8. The van der Waals surface area contributed by atoms with Gasteiger partial charge >= 0.3 is 11.9 Å². The van der Waals surface area contributed by atoms with Gasteiger partial charge in [-0.15, -0.1) is 12.4 Å². The van der Waals surface area contributed by atoms with Gasteiger partial charge in [-0.05, 0) is 46.6 Å². The van der Waals surface area contributed by atoms with Crippen molar-refractivity contribution in [1.82, 2.24) is 4.90 Å². The summed E-state index contributed by atoms with van der Waals surface area (Å²) < 4.78 is 16.1. The van der Waals surface area contributed by atoms with E-state index < -0.39 is 23.3 Å². The van der Waals surface area contributed by atoms with Gasteiger partial charge in [-0.1, -0.05) is 12.2 Å². The highest BCUT2D eigenvalue weighted by Gasteiger charge is 2.55. The predicted molar refractivity (Wildman–Crippen MR) is 113 cm³/mol. The lowest BCUT2D eigenvalue weighted by Gasteiger charge is -2.40. The molecule has 2 aliphatic rings. The summed E-state index contributed by atoms with van der Waals surface area (Å²) in [6, 6.07) is -0.161. The van der Waals surface area contributed by atoms with Gasteiger partial charge in [0.25, 0.3) is 0 Å². The van der Waals surface area contributed by atoms with Gasteiger partial charge in [0.05, 0.1) is 12.1 Å². The summed E-state index contributed by atoms with van der Waals surface area (Å²) in [5, 5.41) is 21.2. The molecule has 8 nitrogen and oxygen atoms in total. The van der Waals surface area contributed by atoms with Crippen molar-refractivity contribution in [2.75, 3.05) is 26.8 Å². The van der Waals surface area contributed by atoms with Crippen LogP contribution < -0.4 is 0 Å². The minimum atomic E-state index is -2.23. The molecule has 1 saturated heterocycles. The fourth-order valence-electron chi connectivity index (χ4n) is 3.82. The molecule has 1 fully saturated rings. The van der Waals surface area contributed by atoms with Gasteiger partial charge in [0.1, 0.15) is 18.3 Å². The Hall–Kier alpha value is -1.45. The molecule has 0 aromatic heterocycles. The smallest absolute Gasteiger partial charge is 0.344 e. The van der Waals surface area contributed by atoms with Crippen molar-refractivity contribution < 1.29 is 34.0 Å². The molecular formula is C21H34ClNO7. The van der Waals surface area contributed by atoms with Crippen LogP contribution in [-0.2, 0) is 23.8 Å². The van der Waals surface area contributed by atoms with Crippen molar-refractivity contribution in [3.05, 3.63) is 23.3 Å². The summed E-state index contributed by atoms with van der Waals surface area (Å²) in [5.74, 6) is -1.32. The van der Waals surface area contributed by atoms with Crippen LogP contribution in [0.25, 0.3) is 0 Å². The van der Waals surface area contributed by atoms with Gasteiger partial charge in [-0.2, -0.15) is 0 Å². The minimum Gasteiger partial charge on any atom is -0.459 e. The zero-order valence-corrected chi connectivity index (χ0v) is 19.3. The first kappa shape index (κ1) is 26.6. The molecule has 2 aliphatic heterocycles. The van der Waals surface area contributed by atoms with Crippen LogP contribution in [0.4, 0.5) is 0 Å². The molecule has 0 spiro atoms. The number of halogens is 1. The van der Waals surface area contributed by atoms with Crippen LogP contribution in [-0.4, -0.2) is 83.3 Å². The summed E-state index contributed by atoms with van der Waals surface area (Å²) in [4.78, 5) is 27.0. The molecule has 0 radical (unpaired) electrons. The van der Waals surface area contributed by atoms with E-state index in [1.54, 1.807) is 19.9 Å². The lowest BCUT2D eigenvalue weighted by atomic mass is 9.81. The van der Waals surface area contributed by atoms with Gasteiger partial charge < -0.3 is 24.4 Å². The molecule has 2 N–H and O–H groups in total.